The lowest BCUT2D eigenvalue weighted by Gasteiger charge is -2.32. The first kappa shape index (κ1) is 42.6. The summed E-state index contributed by atoms with van der Waals surface area (Å²) >= 11 is 0. The van der Waals surface area contributed by atoms with E-state index in [2.05, 4.69) is 40.1 Å². The zero-order valence-corrected chi connectivity index (χ0v) is 34.2. The van der Waals surface area contributed by atoms with E-state index < -0.39 is 0 Å². The summed E-state index contributed by atoms with van der Waals surface area (Å²) in [6.07, 6.45) is 7.56. The molecule has 2 aliphatic heterocycles. The number of hydrogen-bond donors (Lipinski definition) is 0. The van der Waals surface area contributed by atoms with E-state index in [9.17, 15) is 19.2 Å². The Kier molecular flexibility index (Phi) is 16.5. The number of benzene rings is 3. The fourth-order valence-electron chi connectivity index (χ4n) is 7.80. The van der Waals surface area contributed by atoms with Crippen LogP contribution in [0.25, 0.3) is 11.1 Å². The van der Waals surface area contributed by atoms with Crippen LogP contribution in [-0.4, -0.2) is 128 Å². The lowest BCUT2D eigenvalue weighted by atomic mass is 9.96. The normalized spacial score (nSPS) is 14.9. The van der Waals surface area contributed by atoms with Crippen molar-refractivity contribution in [2.45, 2.75) is 83.8 Å². The van der Waals surface area contributed by atoms with Gasteiger partial charge in [-0.1, -0.05) is 74.0 Å². The van der Waals surface area contributed by atoms with Gasteiger partial charge >= 0.3 is 5.97 Å². The van der Waals surface area contributed by atoms with Crippen molar-refractivity contribution >= 4 is 23.7 Å². The average Bonchev–Trinajstić information content (AvgIpc) is 3.22. The van der Waals surface area contributed by atoms with Gasteiger partial charge in [0.2, 0.25) is 11.8 Å². The van der Waals surface area contributed by atoms with Crippen molar-refractivity contribution in [2.24, 2.45) is 0 Å². The number of unbranched alkanes of at least 4 members (excludes halogenated alkanes) is 2. The molecule has 56 heavy (non-hydrogen) atoms. The van der Waals surface area contributed by atoms with E-state index in [0.717, 1.165) is 106 Å². The second kappa shape index (κ2) is 21.7. The molecule has 2 aliphatic rings. The van der Waals surface area contributed by atoms with Gasteiger partial charge in [-0.3, -0.25) is 24.1 Å². The predicted octanol–water partition coefficient (Wildman–Crippen LogP) is 6.31. The van der Waals surface area contributed by atoms with Crippen molar-refractivity contribution in [3.8, 4) is 11.1 Å². The highest BCUT2D eigenvalue weighted by atomic mass is 16.5. The third-order valence-corrected chi connectivity index (χ3v) is 11.4. The first-order valence-corrected chi connectivity index (χ1v) is 20.7. The Morgan fingerprint density at radius 3 is 2.18 bits per heavy atom. The van der Waals surface area contributed by atoms with Crippen LogP contribution >= 0.6 is 0 Å². The number of hydrogen-bond acceptors (Lipinski definition) is 7. The Hall–Kier alpha value is -4.54. The van der Waals surface area contributed by atoms with Crippen LogP contribution < -0.4 is 0 Å². The van der Waals surface area contributed by atoms with Gasteiger partial charge in [-0.15, -0.1) is 0 Å². The van der Waals surface area contributed by atoms with Crippen LogP contribution in [0, 0.1) is 0 Å². The SMILES string of the molecule is CCC(=O)N(C)CCCN(C)C(=O)c1ccc2c(c1)CCN(CCCCCC(=O)N(C)CCN1CCC(OC(=O)Cc3ccccc3-c3ccccc3)CC1)C2. The fourth-order valence-corrected chi connectivity index (χ4v) is 7.80. The number of carbonyl (C=O) groups is 4. The molecule has 10 nitrogen and oxygen atoms in total. The summed E-state index contributed by atoms with van der Waals surface area (Å²) in [7, 11) is 5.55. The molecule has 2 heterocycles. The van der Waals surface area contributed by atoms with Crippen molar-refractivity contribution in [3.63, 3.8) is 0 Å². The largest absolute Gasteiger partial charge is 0.462 e. The summed E-state index contributed by atoms with van der Waals surface area (Å²) in [6.45, 7) is 9.25. The maximum absolute atomic E-state index is 13.1. The molecule has 0 atom stereocenters. The molecule has 0 aliphatic carbocycles. The number of piperidine rings is 1. The second-order valence-electron chi connectivity index (χ2n) is 15.6. The highest BCUT2D eigenvalue weighted by Gasteiger charge is 2.24. The number of ether oxygens (including phenoxy) is 1. The number of esters is 1. The first-order valence-electron chi connectivity index (χ1n) is 20.7. The number of rotatable bonds is 19. The van der Waals surface area contributed by atoms with Crippen molar-refractivity contribution < 1.29 is 23.9 Å². The summed E-state index contributed by atoms with van der Waals surface area (Å²) in [5, 5.41) is 0. The molecule has 0 spiro atoms. The molecule has 0 radical (unpaired) electrons. The van der Waals surface area contributed by atoms with Gasteiger partial charge in [0.05, 0.1) is 6.42 Å². The molecule has 0 N–H and O–H groups in total. The van der Waals surface area contributed by atoms with Crippen molar-refractivity contribution in [2.75, 3.05) is 73.5 Å². The van der Waals surface area contributed by atoms with E-state index in [1.807, 2.05) is 75.4 Å². The van der Waals surface area contributed by atoms with Gasteiger partial charge < -0.3 is 24.3 Å². The van der Waals surface area contributed by atoms with Gasteiger partial charge in [-0.05, 0) is 85.0 Å². The van der Waals surface area contributed by atoms with Gasteiger partial charge in [0.1, 0.15) is 6.10 Å². The molecule has 1 saturated heterocycles. The van der Waals surface area contributed by atoms with E-state index in [1.165, 1.54) is 11.1 Å². The van der Waals surface area contributed by atoms with E-state index in [1.54, 1.807) is 9.80 Å². The minimum absolute atomic E-state index is 0.0253. The molecule has 10 heteroatoms. The molecule has 0 saturated carbocycles. The van der Waals surface area contributed by atoms with Gasteiger partial charge in [0.25, 0.3) is 5.91 Å². The lowest BCUT2D eigenvalue weighted by Crippen LogP contribution is -2.42. The smallest absolute Gasteiger partial charge is 0.310 e. The summed E-state index contributed by atoms with van der Waals surface area (Å²) in [4.78, 5) is 60.8. The highest BCUT2D eigenvalue weighted by Crippen LogP contribution is 2.25. The third kappa shape index (κ3) is 12.7. The number of amides is 3. The van der Waals surface area contributed by atoms with Crippen molar-refractivity contribution in [1.82, 2.24) is 24.5 Å². The minimum atomic E-state index is -0.176. The Morgan fingerprint density at radius 2 is 1.41 bits per heavy atom. The number of nitrogens with zero attached hydrogens (tertiary/aromatic N) is 5. The van der Waals surface area contributed by atoms with Gasteiger partial charge in [0, 0.05) is 91.9 Å². The van der Waals surface area contributed by atoms with Crippen LogP contribution in [0.3, 0.4) is 0 Å². The zero-order valence-electron chi connectivity index (χ0n) is 34.2. The summed E-state index contributed by atoms with van der Waals surface area (Å²) in [6, 6.07) is 24.3. The second-order valence-corrected chi connectivity index (χ2v) is 15.6. The number of fused-ring (bicyclic) bond motifs is 1. The zero-order chi connectivity index (χ0) is 39.9. The van der Waals surface area contributed by atoms with E-state index >= 15 is 0 Å². The van der Waals surface area contributed by atoms with Crippen LogP contribution in [-0.2, 0) is 38.5 Å². The van der Waals surface area contributed by atoms with Crippen LogP contribution in [0.1, 0.15) is 85.3 Å². The third-order valence-electron chi connectivity index (χ3n) is 11.4. The molecule has 1 fully saturated rings. The van der Waals surface area contributed by atoms with Gasteiger partial charge in [-0.2, -0.15) is 0 Å². The molecule has 5 rings (SSSR count). The van der Waals surface area contributed by atoms with Crippen molar-refractivity contribution in [3.05, 3.63) is 95.1 Å². The average molecular weight is 766 g/mol. The molecule has 302 valence electrons. The standard InChI is InChI=1S/C46H63N5O5/c1-5-43(52)47(2)25-14-26-49(4)46(55)39-20-21-40-35-51(28-22-37(40)33-39)27-13-7-10-19-44(53)48(3)31-32-50-29-23-41(24-30-50)56-45(54)34-38-17-11-12-18-42(38)36-15-8-6-9-16-36/h6,8-9,11-12,15-18,20-21,33,41H,5,7,10,13-14,19,22-32,34-35H2,1-4H3. The Bertz CT molecular complexity index is 1740. The molecule has 3 amide bonds. The number of likely N-dealkylation sites (N-methyl/N-ethyl adjacent to an activating group) is 1. The van der Waals surface area contributed by atoms with Crippen molar-refractivity contribution in [1.29, 1.82) is 0 Å². The molecule has 3 aromatic carbocycles. The molecule has 0 bridgehead atoms. The molecule has 3 aromatic rings. The van der Waals surface area contributed by atoms with E-state index in [0.29, 0.717) is 32.5 Å². The molecule has 0 aromatic heterocycles. The first-order chi connectivity index (χ1) is 27.1. The Balaban J connectivity index is 0.916. The van der Waals surface area contributed by atoms with Crippen LogP contribution in [0.15, 0.2) is 72.8 Å². The van der Waals surface area contributed by atoms with E-state index in [-0.39, 0.29) is 36.2 Å². The molecular formula is C46H63N5O5. The van der Waals surface area contributed by atoms with Gasteiger partial charge in [0.15, 0.2) is 0 Å². The van der Waals surface area contributed by atoms with Crippen LogP contribution in [0.2, 0.25) is 0 Å². The Morgan fingerprint density at radius 1 is 0.696 bits per heavy atom. The number of likely N-dealkylation sites (tertiary alicyclic amines) is 1. The van der Waals surface area contributed by atoms with Crippen LogP contribution in [0.5, 0.6) is 0 Å². The summed E-state index contributed by atoms with van der Waals surface area (Å²) < 4.78 is 5.90. The lowest BCUT2D eigenvalue weighted by molar-refractivity contribution is -0.150. The monoisotopic (exact) mass is 765 g/mol. The molecule has 0 unspecified atom stereocenters. The van der Waals surface area contributed by atoms with Gasteiger partial charge in [-0.25, -0.2) is 0 Å². The topological polar surface area (TPSA) is 93.7 Å². The molecular weight excluding hydrogens is 703 g/mol. The maximum atomic E-state index is 13.1. The number of carbonyl (C=O) groups excluding carboxylic acids is 4. The predicted molar refractivity (Wildman–Crippen MR) is 222 cm³/mol. The fraction of sp³-hybridized carbons (Fsp3) is 0.522. The maximum Gasteiger partial charge on any atom is 0.310 e. The summed E-state index contributed by atoms with van der Waals surface area (Å²) in [5.74, 6) is 0.172. The van der Waals surface area contributed by atoms with Crippen LogP contribution in [0.4, 0.5) is 0 Å². The van der Waals surface area contributed by atoms with E-state index in [4.69, 9.17) is 4.74 Å². The minimum Gasteiger partial charge on any atom is -0.462 e. The Labute approximate surface area is 334 Å². The summed E-state index contributed by atoms with van der Waals surface area (Å²) in [5.41, 5.74) is 6.43. The quantitative estimate of drug-likeness (QED) is 0.104. The highest BCUT2D eigenvalue weighted by molar-refractivity contribution is 5.94.